The molecule has 0 saturated heterocycles. The topological polar surface area (TPSA) is 92.9 Å². The zero-order valence-electron chi connectivity index (χ0n) is 18.0. The predicted molar refractivity (Wildman–Crippen MR) is 128 cm³/mol. The van der Waals surface area contributed by atoms with Crippen LogP contribution >= 0.6 is 23.2 Å². The highest BCUT2D eigenvalue weighted by atomic mass is 35.5. The molecule has 4 rings (SSSR count). The summed E-state index contributed by atoms with van der Waals surface area (Å²) in [4.78, 5) is 25.4. The molecule has 0 aliphatic heterocycles. The minimum Gasteiger partial charge on any atom is -0.497 e. The average Bonchev–Trinajstić information content (AvgIpc) is 3.15. The number of carbonyl (C=O) groups excluding carboxylic acids is 2. The summed E-state index contributed by atoms with van der Waals surface area (Å²) in [5, 5.41) is 7.83. The van der Waals surface area contributed by atoms with Crippen LogP contribution in [0.2, 0.25) is 10.0 Å². The van der Waals surface area contributed by atoms with Crippen LogP contribution in [-0.4, -0.2) is 24.6 Å². The molecule has 0 saturated carbocycles. The Morgan fingerprint density at radius 3 is 2.67 bits per heavy atom. The van der Waals surface area contributed by atoms with E-state index in [4.69, 9.17) is 32.4 Å². The molecule has 33 heavy (non-hydrogen) atoms. The summed E-state index contributed by atoms with van der Waals surface area (Å²) in [5.74, 6) is 0.700. The van der Waals surface area contributed by atoms with Crippen LogP contribution < -0.4 is 15.5 Å². The first-order valence-corrected chi connectivity index (χ1v) is 11.0. The van der Waals surface area contributed by atoms with Gasteiger partial charge in [0.1, 0.15) is 11.5 Å². The maximum absolute atomic E-state index is 12.9. The first-order chi connectivity index (χ1) is 15.9. The summed E-state index contributed by atoms with van der Waals surface area (Å²) in [7, 11) is 1.56. The van der Waals surface area contributed by atoms with E-state index in [1.54, 1.807) is 37.4 Å². The number of nitrogens with one attached hydrogen (secondary N) is 2. The zero-order chi connectivity index (χ0) is 23.5. The highest BCUT2D eigenvalue weighted by Gasteiger charge is 2.28. The summed E-state index contributed by atoms with van der Waals surface area (Å²) < 4.78 is 11.1. The third kappa shape index (κ3) is 4.89. The van der Waals surface area contributed by atoms with Crippen molar-refractivity contribution in [2.45, 2.75) is 26.2 Å². The molecular formula is C24H21Cl2N3O4. The molecule has 2 amide bonds. The first-order valence-electron chi connectivity index (χ1n) is 10.3. The third-order valence-electron chi connectivity index (χ3n) is 5.33. The van der Waals surface area contributed by atoms with Gasteiger partial charge in [0, 0.05) is 34.3 Å². The molecule has 0 fully saturated rings. The molecule has 1 aliphatic carbocycles. The molecule has 7 nitrogen and oxygen atoms in total. The summed E-state index contributed by atoms with van der Waals surface area (Å²) >= 11 is 12.0. The lowest BCUT2D eigenvalue weighted by Crippen LogP contribution is -2.22. The van der Waals surface area contributed by atoms with Gasteiger partial charge in [0.05, 0.1) is 23.4 Å². The molecule has 0 radical (unpaired) electrons. The SMILES string of the molecule is COc1cccc(NC(=O)c2oc3c(c2C)/C(=N/NC(=O)c2ccc(Cl)cc2Cl)CCC3)c1. The predicted octanol–water partition coefficient (Wildman–Crippen LogP) is 5.63. The lowest BCUT2D eigenvalue weighted by Gasteiger charge is -2.13. The van der Waals surface area contributed by atoms with Crippen LogP contribution in [0.3, 0.4) is 0 Å². The maximum atomic E-state index is 12.9. The number of furan rings is 1. The second-order valence-corrected chi connectivity index (χ2v) is 8.36. The molecule has 0 unspecified atom stereocenters. The van der Waals surface area contributed by atoms with Crippen molar-refractivity contribution in [1.29, 1.82) is 0 Å². The van der Waals surface area contributed by atoms with Crippen molar-refractivity contribution in [3.63, 3.8) is 0 Å². The van der Waals surface area contributed by atoms with E-state index in [1.165, 1.54) is 12.1 Å². The van der Waals surface area contributed by atoms with Crippen LogP contribution in [0.25, 0.3) is 0 Å². The van der Waals surface area contributed by atoms with Crippen molar-refractivity contribution in [2.75, 3.05) is 12.4 Å². The number of hydrogen-bond donors (Lipinski definition) is 2. The first kappa shape index (κ1) is 22.9. The molecule has 170 valence electrons. The minimum absolute atomic E-state index is 0.212. The molecule has 0 atom stereocenters. The molecule has 1 aromatic heterocycles. The zero-order valence-corrected chi connectivity index (χ0v) is 19.5. The van der Waals surface area contributed by atoms with Gasteiger partial charge in [0.25, 0.3) is 11.8 Å². The number of anilines is 1. The second kappa shape index (κ2) is 9.68. The van der Waals surface area contributed by atoms with E-state index in [1.807, 2.05) is 6.92 Å². The molecule has 9 heteroatoms. The number of hydrogen-bond acceptors (Lipinski definition) is 5. The number of carbonyl (C=O) groups is 2. The number of ether oxygens (including phenoxy) is 1. The van der Waals surface area contributed by atoms with Gasteiger partial charge in [-0.25, -0.2) is 5.43 Å². The Kier molecular flexibility index (Phi) is 6.72. The number of hydrazone groups is 1. The number of amides is 2. The number of nitrogens with zero attached hydrogens (tertiary/aromatic N) is 1. The van der Waals surface area contributed by atoms with Gasteiger partial charge in [-0.05, 0) is 50.1 Å². The summed E-state index contributed by atoms with van der Waals surface area (Å²) in [6.45, 7) is 1.81. The van der Waals surface area contributed by atoms with E-state index in [2.05, 4.69) is 15.8 Å². The Morgan fingerprint density at radius 2 is 1.91 bits per heavy atom. The van der Waals surface area contributed by atoms with Crippen molar-refractivity contribution in [1.82, 2.24) is 5.43 Å². The quantitative estimate of drug-likeness (QED) is 0.458. The van der Waals surface area contributed by atoms with Gasteiger partial charge in [-0.3, -0.25) is 9.59 Å². The number of fused-ring (bicyclic) bond motifs is 1. The van der Waals surface area contributed by atoms with Gasteiger partial charge in [0.15, 0.2) is 5.76 Å². The van der Waals surface area contributed by atoms with Crippen molar-refractivity contribution in [2.24, 2.45) is 5.10 Å². The molecule has 2 aromatic carbocycles. The number of rotatable bonds is 5. The summed E-state index contributed by atoms with van der Waals surface area (Å²) in [6, 6.07) is 11.7. The molecule has 2 N–H and O–H groups in total. The van der Waals surface area contributed by atoms with Crippen LogP contribution in [0.15, 0.2) is 52.0 Å². The molecule has 1 aliphatic rings. The minimum atomic E-state index is -0.451. The lowest BCUT2D eigenvalue weighted by atomic mass is 9.93. The van der Waals surface area contributed by atoms with Crippen LogP contribution in [0.5, 0.6) is 5.75 Å². The fraction of sp³-hybridized carbons (Fsp3) is 0.208. The van der Waals surface area contributed by atoms with Gasteiger partial charge < -0.3 is 14.5 Å². The van der Waals surface area contributed by atoms with Crippen LogP contribution in [-0.2, 0) is 6.42 Å². The van der Waals surface area contributed by atoms with Gasteiger partial charge >= 0.3 is 0 Å². The average molecular weight is 486 g/mol. The monoisotopic (exact) mass is 485 g/mol. The van der Waals surface area contributed by atoms with Gasteiger partial charge in [-0.2, -0.15) is 5.10 Å². The molecule has 0 bridgehead atoms. The van der Waals surface area contributed by atoms with E-state index >= 15 is 0 Å². The van der Waals surface area contributed by atoms with E-state index in [0.29, 0.717) is 46.3 Å². The fourth-order valence-corrected chi connectivity index (χ4v) is 4.23. The maximum Gasteiger partial charge on any atom is 0.291 e. The van der Waals surface area contributed by atoms with Crippen molar-refractivity contribution in [3.8, 4) is 5.75 Å². The lowest BCUT2D eigenvalue weighted by molar-refractivity contribution is 0.0953. The van der Waals surface area contributed by atoms with Crippen molar-refractivity contribution >= 4 is 46.4 Å². The van der Waals surface area contributed by atoms with Gasteiger partial charge in [0.2, 0.25) is 0 Å². The summed E-state index contributed by atoms with van der Waals surface area (Å²) in [6.07, 6.45) is 2.10. The van der Waals surface area contributed by atoms with E-state index in [-0.39, 0.29) is 22.3 Å². The van der Waals surface area contributed by atoms with E-state index in [0.717, 1.165) is 12.0 Å². The van der Waals surface area contributed by atoms with E-state index in [9.17, 15) is 9.59 Å². The highest BCUT2D eigenvalue weighted by molar-refractivity contribution is 6.36. The Hall–Kier alpha value is -3.29. The van der Waals surface area contributed by atoms with Crippen molar-refractivity contribution < 1.29 is 18.7 Å². The van der Waals surface area contributed by atoms with E-state index < -0.39 is 5.91 Å². The molecule has 1 heterocycles. The second-order valence-electron chi connectivity index (χ2n) is 7.52. The summed E-state index contributed by atoms with van der Waals surface area (Å²) in [5.41, 5.74) is 5.48. The highest BCUT2D eigenvalue weighted by Crippen LogP contribution is 2.31. The van der Waals surface area contributed by atoms with Crippen LogP contribution in [0.1, 0.15) is 50.6 Å². The largest absolute Gasteiger partial charge is 0.497 e. The standard InChI is InChI=1S/C24H21Cl2N3O4/c1-13-21-19(28-29-23(30)17-10-9-14(25)11-18(17)26)7-4-8-20(21)33-22(13)24(31)27-15-5-3-6-16(12-15)32-2/h3,5-6,9-12H,4,7-8H2,1-2H3,(H,27,31)(H,29,30)/b28-19+. The number of benzene rings is 2. The van der Waals surface area contributed by atoms with Gasteiger partial charge in [-0.15, -0.1) is 0 Å². The van der Waals surface area contributed by atoms with Crippen molar-refractivity contribution in [3.05, 3.63) is 80.7 Å². The normalized spacial score (nSPS) is 14.0. The van der Waals surface area contributed by atoms with Gasteiger partial charge in [-0.1, -0.05) is 29.3 Å². The smallest absolute Gasteiger partial charge is 0.291 e. The number of halogens is 2. The Labute approximate surface area is 200 Å². The Bertz CT molecular complexity index is 1270. The fourth-order valence-electron chi connectivity index (χ4n) is 3.74. The number of methoxy groups -OCH3 is 1. The Balaban J connectivity index is 1.56. The molecule has 0 spiro atoms. The number of aryl methyl sites for hydroxylation is 1. The van der Waals surface area contributed by atoms with Crippen LogP contribution in [0.4, 0.5) is 5.69 Å². The molecule has 3 aromatic rings. The molecular weight excluding hydrogens is 465 g/mol. The Morgan fingerprint density at radius 1 is 1.09 bits per heavy atom. The third-order valence-corrected chi connectivity index (χ3v) is 5.88. The van der Waals surface area contributed by atoms with Crippen LogP contribution in [0, 0.1) is 6.92 Å².